The van der Waals surface area contributed by atoms with Crippen LogP contribution in [0.2, 0.25) is 19.6 Å². The summed E-state index contributed by atoms with van der Waals surface area (Å²) in [4.78, 5) is 24.2. The average molecular weight is 310 g/mol. The maximum Gasteiger partial charge on any atom is 0.339 e. The van der Waals surface area contributed by atoms with Crippen LogP contribution in [-0.4, -0.2) is 40.1 Å². The van der Waals surface area contributed by atoms with Crippen LogP contribution in [0.25, 0.3) is 0 Å². The molecule has 0 fully saturated rings. The van der Waals surface area contributed by atoms with Gasteiger partial charge in [0.25, 0.3) is 0 Å². The molecular weight excluding hydrogens is 288 g/mol. The van der Waals surface area contributed by atoms with Gasteiger partial charge in [0.2, 0.25) is 8.32 Å². The Morgan fingerprint density at radius 1 is 1.00 bits per heavy atom. The van der Waals surface area contributed by atoms with E-state index in [2.05, 4.69) is 0 Å². The molecule has 0 radical (unpaired) electrons. The Bertz CT molecular complexity index is 493. The van der Waals surface area contributed by atoms with Gasteiger partial charge < -0.3 is 13.9 Å². The van der Waals surface area contributed by atoms with E-state index in [0.717, 1.165) is 0 Å². The van der Waals surface area contributed by atoms with Crippen LogP contribution in [-0.2, 0) is 13.9 Å². The monoisotopic (exact) mass is 310 g/mol. The van der Waals surface area contributed by atoms with Crippen LogP contribution in [0.15, 0.2) is 24.3 Å². The van der Waals surface area contributed by atoms with Gasteiger partial charge >= 0.3 is 11.9 Å². The maximum absolute atomic E-state index is 12.1. The molecule has 0 saturated carbocycles. The quantitative estimate of drug-likeness (QED) is 0.440. The van der Waals surface area contributed by atoms with Crippen molar-refractivity contribution in [2.75, 3.05) is 19.8 Å². The van der Waals surface area contributed by atoms with E-state index in [9.17, 15) is 9.59 Å². The van der Waals surface area contributed by atoms with Crippen molar-refractivity contribution in [3.05, 3.63) is 35.4 Å². The molecule has 1 rings (SSSR count). The Balaban J connectivity index is 2.79. The van der Waals surface area contributed by atoms with Crippen molar-refractivity contribution < 1.29 is 23.5 Å². The summed E-state index contributed by atoms with van der Waals surface area (Å²) in [5.41, 5.74) is 0.457. The van der Waals surface area contributed by atoms with Gasteiger partial charge in [-0.2, -0.15) is 0 Å². The predicted octanol–water partition coefficient (Wildman–Crippen LogP) is 2.87. The molecule has 1 aromatic carbocycles. The van der Waals surface area contributed by atoms with Crippen molar-refractivity contribution in [3.8, 4) is 0 Å². The van der Waals surface area contributed by atoms with Crippen LogP contribution >= 0.6 is 0 Å². The first-order valence-corrected chi connectivity index (χ1v) is 10.3. The summed E-state index contributed by atoms with van der Waals surface area (Å²) in [6, 6.07) is 6.51. The van der Waals surface area contributed by atoms with E-state index in [0.29, 0.717) is 13.2 Å². The third-order valence-electron chi connectivity index (χ3n) is 2.43. The van der Waals surface area contributed by atoms with Gasteiger partial charge in [-0.1, -0.05) is 12.1 Å². The second-order valence-corrected chi connectivity index (χ2v) is 9.81. The highest BCUT2D eigenvalue weighted by Gasteiger charge is 2.24. The zero-order chi connectivity index (χ0) is 15.9. The second kappa shape index (κ2) is 7.95. The van der Waals surface area contributed by atoms with E-state index < -0.39 is 20.3 Å². The Labute approximate surface area is 126 Å². The van der Waals surface area contributed by atoms with Gasteiger partial charge in [-0.15, -0.1) is 0 Å². The largest absolute Gasteiger partial charge is 0.516 e. The van der Waals surface area contributed by atoms with E-state index in [-0.39, 0.29) is 17.7 Å². The van der Waals surface area contributed by atoms with Crippen LogP contribution in [0.1, 0.15) is 27.6 Å². The number of esters is 1. The molecule has 0 aliphatic heterocycles. The lowest BCUT2D eigenvalue weighted by Gasteiger charge is -2.18. The first-order chi connectivity index (χ1) is 9.85. The van der Waals surface area contributed by atoms with Gasteiger partial charge in [-0.05, 0) is 38.7 Å². The standard InChI is InChI=1S/C15H22O5Si/c1-5-18-10-11-19-14(16)12-8-6-7-9-13(12)15(17)20-21(2,3)4/h6-9H,5,10-11H2,1-4H3. The Morgan fingerprint density at radius 3 is 2.10 bits per heavy atom. The van der Waals surface area contributed by atoms with Gasteiger partial charge in [0.15, 0.2) is 0 Å². The van der Waals surface area contributed by atoms with Crippen molar-refractivity contribution >= 4 is 20.3 Å². The molecule has 0 N–H and O–H groups in total. The summed E-state index contributed by atoms with van der Waals surface area (Å²) in [5, 5.41) is 0. The molecule has 0 bridgehead atoms. The Hall–Kier alpha value is -1.66. The predicted molar refractivity (Wildman–Crippen MR) is 82.0 cm³/mol. The number of benzene rings is 1. The van der Waals surface area contributed by atoms with Crippen molar-refractivity contribution in [3.63, 3.8) is 0 Å². The molecule has 0 unspecified atom stereocenters. The van der Waals surface area contributed by atoms with Crippen molar-refractivity contribution in [2.24, 2.45) is 0 Å². The first kappa shape index (κ1) is 17.4. The smallest absolute Gasteiger partial charge is 0.339 e. The zero-order valence-corrected chi connectivity index (χ0v) is 14.0. The molecule has 1 aromatic rings. The van der Waals surface area contributed by atoms with Crippen molar-refractivity contribution in [1.29, 1.82) is 0 Å². The number of ether oxygens (including phenoxy) is 2. The molecule has 0 amide bonds. The fraction of sp³-hybridized carbons (Fsp3) is 0.467. The molecule has 0 atom stereocenters. The zero-order valence-electron chi connectivity index (χ0n) is 13.0. The number of hydrogen-bond donors (Lipinski definition) is 0. The maximum atomic E-state index is 12.1. The van der Waals surface area contributed by atoms with Crippen LogP contribution in [0, 0.1) is 0 Å². The summed E-state index contributed by atoms with van der Waals surface area (Å²) in [6.45, 7) is 8.66. The molecule has 6 heteroatoms. The van der Waals surface area contributed by atoms with E-state index >= 15 is 0 Å². The van der Waals surface area contributed by atoms with Gasteiger partial charge in [0.05, 0.1) is 17.7 Å². The molecular formula is C15H22O5Si. The topological polar surface area (TPSA) is 61.8 Å². The minimum atomic E-state index is -2.02. The van der Waals surface area contributed by atoms with E-state index in [1.165, 1.54) is 0 Å². The molecule has 116 valence electrons. The molecule has 0 aliphatic rings. The lowest BCUT2D eigenvalue weighted by molar-refractivity contribution is 0.0331. The third kappa shape index (κ3) is 6.09. The Morgan fingerprint density at radius 2 is 1.57 bits per heavy atom. The molecule has 0 spiro atoms. The molecule has 0 aromatic heterocycles. The number of rotatable bonds is 7. The normalized spacial score (nSPS) is 11.0. The average Bonchev–Trinajstić information content (AvgIpc) is 2.41. The lowest BCUT2D eigenvalue weighted by atomic mass is 10.1. The van der Waals surface area contributed by atoms with Gasteiger partial charge in [-0.3, -0.25) is 0 Å². The number of carbonyl (C=O) groups excluding carboxylic acids is 2. The van der Waals surface area contributed by atoms with E-state index in [4.69, 9.17) is 13.9 Å². The van der Waals surface area contributed by atoms with Crippen LogP contribution in [0.5, 0.6) is 0 Å². The highest BCUT2D eigenvalue weighted by Crippen LogP contribution is 2.15. The number of hydrogen-bond acceptors (Lipinski definition) is 5. The van der Waals surface area contributed by atoms with Gasteiger partial charge in [0, 0.05) is 6.61 Å². The van der Waals surface area contributed by atoms with Crippen LogP contribution in [0.4, 0.5) is 0 Å². The summed E-state index contributed by atoms with van der Waals surface area (Å²) in [5.74, 6) is -1.02. The summed E-state index contributed by atoms with van der Waals surface area (Å²) in [6.07, 6.45) is 0. The third-order valence-corrected chi connectivity index (χ3v) is 3.23. The molecule has 21 heavy (non-hydrogen) atoms. The van der Waals surface area contributed by atoms with E-state index in [1.807, 2.05) is 26.6 Å². The highest BCUT2D eigenvalue weighted by atomic mass is 28.4. The van der Waals surface area contributed by atoms with Gasteiger partial charge in [0.1, 0.15) is 6.61 Å². The second-order valence-electron chi connectivity index (χ2n) is 5.38. The minimum Gasteiger partial charge on any atom is -0.516 e. The minimum absolute atomic E-state index is 0.157. The molecule has 5 nitrogen and oxygen atoms in total. The fourth-order valence-corrected chi connectivity index (χ4v) is 2.25. The van der Waals surface area contributed by atoms with Crippen LogP contribution < -0.4 is 0 Å². The van der Waals surface area contributed by atoms with Crippen LogP contribution in [0.3, 0.4) is 0 Å². The number of carbonyl (C=O) groups is 2. The summed E-state index contributed by atoms with van der Waals surface area (Å²) >= 11 is 0. The lowest BCUT2D eigenvalue weighted by Crippen LogP contribution is -2.30. The van der Waals surface area contributed by atoms with E-state index in [1.54, 1.807) is 24.3 Å². The fourth-order valence-electron chi connectivity index (χ4n) is 1.59. The molecule has 0 aliphatic carbocycles. The SMILES string of the molecule is CCOCCOC(=O)c1ccccc1C(=O)O[Si](C)(C)C. The highest BCUT2D eigenvalue weighted by molar-refractivity contribution is 6.71. The summed E-state index contributed by atoms with van der Waals surface area (Å²) in [7, 11) is -2.02. The Kier molecular flexibility index (Phi) is 6.58. The molecule has 0 saturated heterocycles. The van der Waals surface area contributed by atoms with Crippen molar-refractivity contribution in [2.45, 2.75) is 26.6 Å². The summed E-state index contributed by atoms with van der Waals surface area (Å²) < 4.78 is 15.6. The van der Waals surface area contributed by atoms with Crippen molar-refractivity contribution in [1.82, 2.24) is 0 Å². The van der Waals surface area contributed by atoms with Gasteiger partial charge in [-0.25, -0.2) is 9.59 Å². The first-order valence-electron chi connectivity index (χ1n) is 6.92. The molecule has 0 heterocycles.